The van der Waals surface area contributed by atoms with Gasteiger partial charge < -0.3 is 10.4 Å². The quantitative estimate of drug-likeness (QED) is 0.810. The Balaban J connectivity index is 2.07. The van der Waals surface area contributed by atoms with Crippen molar-refractivity contribution in [3.63, 3.8) is 0 Å². The predicted molar refractivity (Wildman–Crippen MR) is 65.3 cm³/mol. The highest BCUT2D eigenvalue weighted by molar-refractivity contribution is 7.99. The minimum Gasteiger partial charge on any atom is -0.394 e. The molecule has 0 aromatic heterocycles. The van der Waals surface area contributed by atoms with Crippen molar-refractivity contribution in [3.8, 4) is 0 Å². The molecule has 3 heteroatoms. The molecule has 1 fully saturated rings. The number of hydrogen-bond acceptors (Lipinski definition) is 3. The summed E-state index contributed by atoms with van der Waals surface area (Å²) in [4.78, 5) is 0. The predicted octanol–water partition coefficient (Wildman–Crippen LogP) is 1.30. The van der Waals surface area contributed by atoms with Gasteiger partial charge in [0.2, 0.25) is 0 Å². The fourth-order valence-electron chi connectivity index (χ4n) is 1.96. The molecule has 0 radical (unpaired) electrons. The van der Waals surface area contributed by atoms with Crippen molar-refractivity contribution >= 4 is 11.8 Å². The first-order chi connectivity index (χ1) is 7.35. The highest BCUT2D eigenvalue weighted by Crippen LogP contribution is 2.22. The van der Waals surface area contributed by atoms with Gasteiger partial charge in [0.05, 0.1) is 12.1 Å². The third-order valence-electron chi connectivity index (χ3n) is 2.81. The van der Waals surface area contributed by atoms with Crippen LogP contribution in [0.1, 0.15) is 5.56 Å². The largest absolute Gasteiger partial charge is 0.394 e. The molecule has 1 heterocycles. The second kappa shape index (κ2) is 5.01. The van der Waals surface area contributed by atoms with Crippen LogP contribution in [0.2, 0.25) is 0 Å². The molecule has 0 amide bonds. The lowest BCUT2D eigenvalue weighted by molar-refractivity contribution is 0.177. The van der Waals surface area contributed by atoms with Gasteiger partial charge in [-0.1, -0.05) is 30.3 Å². The monoisotopic (exact) mass is 223 g/mol. The molecule has 0 spiro atoms. The Morgan fingerprint density at radius 1 is 1.33 bits per heavy atom. The highest BCUT2D eigenvalue weighted by Gasteiger charge is 2.31. The molecule has 1 aromatic rings. The number of thioether (sulfide) groups is 1. The normalized spacial score (nSPS) is 26.5. The standard InChI is InChI=1S/C12H17NOS/c14-9-12(10-15-7-6-13-12)8-11-4-2-1-3-5-11/h1-5,13-14H,6-10H2. The van der Waals surface area contributed by atoms with Crippen LogP contribution in [0.15, 0.2) is 30.3 Å². The van der Waals surface area contributed by atoms with Gasteiger partial charge in [-0.05, 0) is 12.0 Å². The van der Waals surface area contributed by atoms with Crippen molar-refractivity contribution in [3.05, 3.63) is 35.9 Å². The van der Waals surface area contributed by atoms with Crippen LogP contribution in [0, 0.1) is 0 Å². The van der Waals surface area contributed by atoms with Gasteiger partial charge in [-0.15, -0.1) is 0 Å². The fraction of sp³-hybridized carbons (Fsp3) is 0.500. The lowest BCUT2D eigenvalue weighted by atomic mass is 9.93. The van der Waals surface area contributed by atoms with Gasteiger partial charge in [-0.3, -0.25) is 0 Å². The van der Waals surface area contributed by atoms with Crippen LogP contribution < -0.4 is 5.32 Å². The van der Waals surface area contributed by atoms with Crippen molar-refractivity contribution in [2.24, 2.45) is 0 Å². The molecule has 1 aromatic carbocycles. The Kier molecular flexibility index (Phi) is 3.67. The van der Waals surface area contributed by atoms with Crippen molar-refractivity contribution in [1.29, 1.82) is 0 Å². The molecule has 1 aliphatic heterocycles. The van der Waals surface area contributed by atoms with E-state index in [2.05, 4.69) is 29.6 Å². The van der Waals surface area contributed by atoms with Crippen molar-refractivity contribution in [1.82, 2.24) is 5.32 Å². The molecule has 1 aliphatic rings. The van der Waals surface area contributed by atoms with Gasteiger partial charge in [0.15, 0.2) is 0 Å². The van der Waals surface area contributed by atoms with Crippen molar-refractivity contribution < 1.29 is 5.11 Å². The summed E-state index contributed by atoms with van der Waals surface area (Å²) >= 11 is 1.92. The third kappa shape index (κ3) is 2.74. The number of nitrogens with one attached hydrogen (secondary N) is 1. The summed E-state index contributed by atoms with van der Waals surface area (Å²) in [6.07, 6.45) is 0.914. The summed E-state index contributed by atoms with van der Waals surface area (Å²) in [6, 6.07) is 10.4. The van der Waals surface area contributed by atoms with Gasteiger partial charge >= 0.3 is 0 Å². The maximum Gasteiger partial charge on any atom is 0.0624 e. The molecule has 1 saturated heterocycles. The van der Waals surface area contributed by atoms with Gasteiger partial charge in [0, 0.05) is 18.1 Å². The molecule has 0 aliphatic carbocycles. The van der Waals surface area contributed by atoms with Crippen LogP contribution in [0.25, 0.3) is 0 Å². The smallest absolute Gasteiger partial charge is 0.0624 e. The van der Waals surface area contributed by atoms with E-state index in [1.54, 1.807) is 0 Å². The van der Waals surface area contributed by atoms with Gasteiger partial charge in [-0.25, -0.2) is 0 Å². The van der Waals surface area contributed by atoms with Crippen molar-refractivity contribution in [2.45, 2.75) is 12.0 Å². The number of aliphatic hydroxyl groups is 1. The second-order valence-electron chi connectivity index (χ2n) is 4.08. The maximum absolute atomic E-state index is 9.53. The Hall–Kier alpha value is -0.510. The number of rotatable bonds is 3. The van der Waals surface area contributed by atoms with Crippen LogP contribution >= 0.6 is 11.8 Å². The average Bonchev–Trinajstić information content (AvgIpc) is 2.32. The van der Waals surface area contributed by atoms with Gasteiger partial charge in [0.25, 0.3) is 0 Å². The molecule has 82 valence electrons. The molecule has 1 unspecified atom stereocenters. The van der Waals surface area contributed by atoms with E-state index >= 15 is 0 Å². The molecule has 2 N–H and O–H groups in total. The fourth-order valence-corrected chi connectivity index (χ4v) is 3.04. The summed E-state index contributed by atoms with van der Waals surface area (Å²) in [5.41, 5.74) is 1.19. The molecule has 2 nitrogen and oxygen atoms in total. The zero-order valence-corrected chi connectivity index (χ0v) is 9.59. The first-order valence-electron chi connectivity index (χ1n) is 5.32. The van der Waals surface area contributed by atoms with Crippen LogP contribution in [0.4, 0.5) is 0 Å². The molecule has 1 atom stereocenters. The Labute approximate surface area is 95.1 Å². The third-order valence-corrected chi connectivity index (χ3v) is 4.06. The first-order valence-corrected chi connectivity index (χ1v) is 6.48. The van der Waals surface area contributed by atoms with Crippen LogP contribution in [-0.4, -0.2) is 35.3 Å². The minimum atomic E-state index is -0.107. The lowest BCUT2D eigenvalue weighted by Crippen LogP contribution is -2.55. The van der Waals surface area contributed by atoms with Gasteiger partial charge in [0.1, 0.15) is 0 Å². The SMILES string of the molecule is OCC1(Cc2ccccc2)CSCCN1. The zero-order chi connectivity index (χ0) is 10.6. The molecular weight excluding hydrogens is 206 g/mol. The molecule has 0 saturated carbocycles. The van der Waals surface area contributed by atoms with E-state index in [0.29, 0.717) is 0 Å². The summed E-state index contributed by atoms with van der Waals surface area (Å²) < 4.78 is 0. The molecule has 2 rings (SSSR count). The lowest BCUT2D eigenvalue weighted by Gasteiger charge is -2.36. The van der Waals surface area contributed by atoms with Gasteiger partial charge in [-0.2, -0.15) is 11.8 Å². The summed E-state index contributed by atoms with van der Waals surface area (Å²) in [6.45, 7) is 1.22. The van der Waals surface area contributed by atoms with E-state index in [1.165, 1.54) is 5.56 Å². The number of hydrogen-bond donors (Lipinski definition) is 2. The Morgan fingerprint density at radius 3 is 2.73 bits per heavy atom. The van der Waals surface area contributed by atoms with E-state index in [9.17, 15) is 5.11 Å². The summed E-state index contributed by atoms with van der Waals surface area (Å²) in [5.74, 6) is 2.15. The maximum atomic E-state index is 9.53. The zero-order valence-electron chi connectivity index (χ0n) is 8.78. The summed E-state index contributed by atoms with van der Waals surface area (Å²) in [5, 5.41) is 13.0. The number of benzene rings is 1. The number of aliphatic hydroxyl groups excluding tert-OH is 1. The molecule has 0 bridgehead atoms. The van der Waals surface area contributed by atoms with E-state index < -0.39 is 0 Å². The second-order valence-corrected chi connectivity index (χ2v) is 5.19. The summed E-state index contributed by atoms with van der Waals surface area (Å²) in [7, 11) is 0. The minimum absolute atomic E-state index is 0.107. The van der Waals surface area contributed by atoms with Crippen molar-refractivity contribution in [2.75, 3.05) is 24.7 Å². The van der Waals surface area contributed by atoms with E-state index in [-0.39, 0.29) is 12.1 Å². The topological polar surface area (TPSA) is 32.3 Å². The van der Waals surface area contributed by atoms with E-state index in [0.717, 1.165) is 24.5 Å². The van der Waals surface area contributed by atoms with Crippen LogP contribution in [0.3, 0.4) is 0 Å². The van der Waals surface area contributed by atoms with Crippen LogP contribution in [0.5, 0.6) is 0 Å². The van der Waals surface area contributed by atoms with Crippen LogP contribution in [-0.2, 0) is 6.42 Å². The van der Waals surface area contributed by atoms with E-state index in [4.69, 9.17) is 0 Å². The Bertz CT molecular complexity index is 296. The molecule has 15 heavy (non-hydrogen) atoms. The van der Waals surface area contributed by atoms with E-state index in [1.807, 2.05) is 17.8 Å². The first kappa shape index (κ1) is 11.0. The average molecular weight is 223 g/mol. The Morgan fingerprint density at radius 2 is 2.13 bits per heavy atom. The highest BCUT2D eigenvalue weighted by atomic mass is 32.2. The molecular formula is C12H17NOS.